The number of carbonyl (C=O) groups is 1. The summed E-state index contributed by atoms with van der Waals surface area (Å²) in [5, 5.41) is 0. The topological polar surface area (TPSA) is 42.1 Å². The van der Waals surface area contributed by atoms with Crippen molar-refractivity contribution in [2.45, 2.75) is 6.42 Å². The fourth-order valence-corrected chi connectivity index (χ4v) is 1.00. The van der Waals surface area contributed by atoms with Crippen LogP contribution >= 0.6 is 11.6 Å². The van der Waals surface area contributed by atoms with E-state index in [4.69, 9.17) is 11.6 Å². The van der Waals surface area contributed by atoms with Gasteiger partial charge in [0, 0.05) is 24.1 Å². The van der Waals surface area contributed by atoms with Gasteiger partial charge in [0.15, 0.2) is 0 Å². The molecule has 0 unspecified atom stereocenters. The highest BCUT2D eigenvalue weighted by atomic mass is 35.5. The summed E-state index contributed by atoms with van der Waals surface area (Å²) in [6, 6.07) is 1.65. The fourth-order valence-electron chi connectivity index (χ4n) is 0.906. The second kappa shape index (κ2) is 5.36. The first kappa shape index (κ1) is 10.7. The third kappa shape index (κ3) is 2.82. The molecule has 0 amide bonds. The van der Waals surface area contributed by atoms with E-state index >= 15 is 0 Å². The van der Waals surface area contributed by atoms with Crippen LogP contribution in [0.3, 0.4) is 0 Å². The van der Waals surface area contributed by atoms with Crippen molar-refractivity contribution in [3.05, 3.63) is 23.5 Å². The van der Waals surface area contributed by atoms with Gasteiger partial charge in [-0.05, 0) is 6.07 Å². The Labute approximate surface area is 87.4 Å². The number of ether oxygens (including phenoxy) is 1. The van der Waals surface area contributed by atoms with E-state index in [1.807, 2.05) is 0 Å². The normalized spacial score (nSPS) is 9.00. The number of alkyl halides is 1. The number of rotatable bonds is 2. The molecule has 0 spiro atoms. The van der Waals surface area contributed by atoms with E-state index < -0.39 is 5.97 Å². The number of halogens is 1. The molecular weight excluding hydrogens is 202 g/mol. The Hall–Kier alpha value is -1.40. The first-order chi connectivity index (χ1) is 6.77. The monoisotopic (exact) mass is 211 g/mol. The molecule has 1 aromatic heterocycles. The minimum absolute atomic E-state index is 0.393. The molecule has 0 saturated heterocycles. The molecule has 3 nitrogen and oxygen atoms in total. The molecule has 4 heteroatoms. The minimum atomic E-state index is -0.393. The standard InChI is InChI=1S/C10H10ClNO2/c1-14-10(13)9-6-8(7-12-9)4-2-3-5-11/h6-7,12H,3,5H2,1H3. The SMILES string of the molecule is COC(=O)c1cc(C#CCCCl)c[nH]1. The Morgan fingerprint density at radius 3 is 3.14 bits per heavy atom. The molecule has 0 fully saturated rings. The zero-order chi connectivity index (χ0) is 10.4. The fraction of sp³-hybridized carbons (Fsp3) is 0.300. The highest BCUT2D eigenvalue weighted by Crippen LogP contribution is 2.03. The quantitative estimate of drug-likeness (QED) is 0.460. The van der Waals surface area contributed by atoms with E-state index in [0.29, 0.717) is 18.0 Å². The Balaban J connectivity index is 2.70. The summed E-state index contributed by atoms with van der Waals surface area (Å²) in [4.78, 5) is 13.8. The molecule has 14 heavy (non-hydrogen) atoms. The van der Waals surface area contributed by atoms with Crippen molar-refractivity contribution < 1.29 is 9.53 Å². The molecule has 0 aliphatic rings. The lowest BCUT2D eigenvalue weighted by Gasteiger charge is -1.91. The molecule has 1 aromatic rings. The highest BCUT2D eigenvalue weighted by molar-refractivity contribution is 6.18. The maximum Gasteiger partial charge on any atom is 0.354 e. The van der Waals surface area contributed by atoms with Crippen LogP contribution in [0.5, 0.6) is 0 Å². The number of hydrogen-bond donors (Lipinski definition) is 1. The Kier molecular flexibility index (Phi) is 4.09. The molecule has 1 rings (SSSR count). The predicted octanol–water partition coefficient (Wildman–Crippen LogP) is 1.78. The number of carbonyl (C=O) groups excluding carboxylic acids is 1. The van der Waals surface area contributed by atoms with Gasteiger partial charge in [0.25, 0.3) is 0 Å². The molecule has 1 heterocycles. The number of hydrogen-bond acceptors (Lipinski definition) is 2. The zero-order valence-electron chi connectivity index (χ0n) is 7.76. The van der Waals surface area contributed by atoms with Crippen LogP contribution in [0.15, 0.2) is 12.3 Å². The van der Waals surface area contributed by atoms with Crippen LogP contribution in [0.4, 0.5) is 0 Å². The van der Waals surface area contributed by atoms with Crippen LogP contribution in [0.25, 0.3) is 0 Å². The van der Waals surface area contributed by atoms with Crippen molar-refractivity contribution in [2.24, 2.45) is 0 Å². The third-order valence-corrected chi connectivity index (χ3v) is 1.73. The van der Waals surface area contributed by atoms with E-state index in [2.05, 4.69) is 21.6 Å². The van der Waals surface area contributed by atoms with Crippen LogP contribution in [0.2, 0.25) is 0 Å². The van der Waals surface area contributed by atoms with Crippen LogP contribution in [-0.2, 0) is 4.74 Å². The molecule has 1 N–H and O–H groups in total. The largest absolute Gasteiger partial charge is 0.464 e. The van der Waals surface area contributed by atoms with Gasteiger partial charge < -0.3 is 9.72 Å². The summed E-state index contributed by atoms with van der Waals surface area (Å²) >= 11 is 5.46. The second-order valence-corrected chi connectivity index (χ2v) is 2.91. The molecule has 0 saturated carbocycles. The van der Waals surface area contributed by atoms with E-state index in [-0.39, 0.29) is 0 Å². The van der Waals surface area contributed by atoms with Gasteiger partial charge in [-0.25, -0.2) is 4.79 Å². The molecule has 74 valence electrons. The lowest BCUT2D eigenvalue weighted by atomic mass is 10.3. The lowest BCUT2D eigenvalue weighted by Crippen LogP contribution is -2.00. The molecule has 0 radical (unpaired) electrons. The summed E-state index contributed by atoms with van der Waals surface area (Å²) in [6.07, 6.45) is 2.30. The molecule has 0 aliphatic heterocycles. The van der Waals surface area contributed by atoms with Gasteiger partial charge in [0.1, 0.15) is 5.69 Å². The van der Waals surface area contributed by atoms with Gasteiger partial charge in [-0.15, -0.1) is 11.6 Å². The van der Waals surface area contributed by atoms with Crippen molar-refractivity contribution in [3.8, 4) is 11.8 Å². The van der Waals surface area contributed by atoms with Crippen molar-refractivity contribution >= 4 is 17.6 Å². The summed E-state index contributed by atoms with van der Waals surface area (Å²) < 4.78 is 4.54. The first-order valence-corrected chi connectivity index (χ1v) is 4.63. The molecule has 0 aliphatic carbocycles. The van der Waals surface area contributed by atoms with Crippen molar-refractivity contribution in [1.29, 1.82) is 0 Å². The highest BCUT2D eigenvalue weighted by Gasteiger charge is 2.06. The lowest BCUT2D eigenvalue weighted by molar-refractivity contribution is 0.0595. The average Bonchev–Trinajstić information content (AvgIpc) is 2.66. The van der Waals surface area contributed by atoms with Gasteiger partial charge >= 0.3 is 5.97 Å². The van der Waals surface area contributed by atoms with Crippen LogP contribution in [0, 0.1) is 11.8 Å². The average molecular weight is 212 g/mol. The predicted molar refractivity (Wildman–Crippen MR) is 54.3 cm³/mol. The van der Waals surface area contributed by atoms with Crippen LogP contribution in [0.1, 0.15) is 22.5 Å². The van der Waals surface area contributed by atoms with Gasteiger partial charge in [-0.2, -0.15) is 0 Å². The number of nitrogens with one attached hydrogen (secondary N) is 1. The zero-order valence-corrected chi connectivity index (χ0v) is 8.52. The van der Waals surface area contributed by atoms with Gasteiger partial charge in [0.05, 0.1) is 7.11 Å². The Morgan fingerprint density at radius 2 is 2.50 bits per heavy atom. The van der Waals surface area contributed by atoms with Gasteiger partial charge in [-0.3, -0.25) is 0 Å². The number of aromatic amines is 1. The van der Waals surface area contributed by atoms with Crippen molar-refractivity contribution in [1.82, 2.24) is 4.98 Å². The van der Waals surface area contributed by atoms with E-state index in [1.165, 1.54) is 7.11 Å². The molecule has 0 atom stereocenters. The third-order valence-electron chi connectivity index (χ3n) is 1.54. The second-order valence-electron chi connectivity index (χ2n) is 2.53. The molecular formula is C10H10ClNO2. The molecule has 0 aromatic carbocycles. The minimum Gasteiger partial charge on any atom is -0.464 e. The summed E-state index contributed by atoms with van der Waals surface area (Å²) in [7, 11) is 1.34. The number of methoxy groups -OCH3 is 1. The number of esters is 1. The summed E-state index contributed by atoms with van der Waals surface area (Å²) in [5.41, 5.74) is 1.16. The first-order valence-electron chi connectivity index (χ1n) is 4.09. The van der Waals surface area contributed by atoms with Crippen molar-refractivity contribution in [3.63, 3.8) is 0 Å². The van der Waals surface area contributed by atoms with Crippen LogP contribution in [-0.4, -0.2) is 23.9 Å². The maximum absolute atomic E-state index is 11.0. The Morgan fingerprint density at radius 1 is 1.71 bits per heavy atom. The maximum atomic E-state index is 11.0. The van der Waals surface area contributed by atoms with E-state index in [1.54, 1.807) is 12.3 Å². The van der Waals surface area contributed by atoms with E-state index in [9.17, 15) is 4.79 Å². The van der Waals surface area contributed by atoms with Gasteiger partial charge in [-0.1, -0.05) is 11.8 Å². The van der Waals surface area contributed by atoms with E-state index in [0.717, 1.165) is 5.56 Å². The van der Waals surface area contributed by atoms with Crippen molar-refractivity contribution in [2.75, 3.05) is 13.0 Å². The molecule has 0 bridgehead atoms. The van der Waals surface area contributed by atoms with Crippen LogP contribution < -0.4 is 0 Å². The number of H-pyrrole nitrogens is 1. The Bertz CT molecular complexity index is 373. The summed E-state index contributed by atoms with van der Waals surface area (Å²) in [5.74, 6) is 5.86. The van der Waals surface area contributed by atoms with Gasteiger partial charge in [0.2, 0.25) is 0 Å². The number of aromatic nitrogens is 1. The summed E-state index contributed by atoms with van der Waals surface area (Å²) in [6.45, 7) is 0. The smallest absolute Gasteiger partial charge is 0.354 e.